The van der Waals surface area contributed by atoms with E-state index in [2.05, 4.69) is 45.6 Å². The molecule has 82 valence electrons. The standard InChI is InChI=1S/C12H17BrN2/c1-4-7-15(3)10-5-6-11(9(2)14)12(13)8-10/h4-6,8-9H,1,7,14H2,2-3H3. The van der Waals surface area contributed by atoms with Crippen LogP contribution in [-0.2, 0) is 0 Å². The first kappa shape index (κ1) is 12.3. The molecular formula is C12H17BrN2. The quantitative estimate of drug-likeness (QED) is 0.851. The third-order valence-corrected chi connectivity index (χ3v) is 3.01. The summed E-state index contributed by atoms with van der Waals surface area (Å²) in [4.78, 5) is 2.13. The highest BCUT2D eigenvalue weighted by molar-refractivity contribution is 9.10. The van der Waals surface area contributed by atoms with Crippen molar-refractivity contribution < 1.29 is 0 Å². The van der Waals surface area contributed by atoms with E-state index in [0.29, 0.717) is 0 Å². The fourth-order valence-electron chi connectivity index (χ4n) is 1.42. The largest absolute Gasteiger partial charge is 0.371 e. The van der Waals surface area contributed by atoms with Gasteiger partial charge in [-0.05, 0) is 24.6 Å². The van der Waals surface area contributed by atoms with Crippen molar-refractivity contribution in [2.75, 3.05) is 18.5 Å². The summed E-state index contributed by atoms with van der Waals surface area (Å²) in [5, 5.41) is 0. The second-order valence-electron chi connectivity index (χ2n) is 3.66. The summed E-state index contributed by atoms with van der Waals surface area (Å²) >= 11 is 3.53. The zero-order chi connectivity index (χ0) is 11.4. The third kappa shape index (κ3) is 3.08. The van der Waals surface area contributed by atoms with Crippen molar-refractivity contribution in [2.45, 2.75) is 13.0 Å². The van der Waals surface area contributed by atoms with Crippen LogP contribution >= 0.6 is 15.9 Å². The number of nitrogens with zero attached hydrogens (tertiary/aromatic N) is 1. The first-order valence-electron chi connectivity index (χ1n) is 4.93. The van der Waals surface area contributed by atoms with Crippen LogP contribution in [0, 0.1) is 0 Å². The molecule has 0 aromatic heterocycles. The van der Waals surface area contributed by atoms with Crippen molar-refractivity contribution in [1.82, 2.24) is 0 Å². The molecule has 0 aliphatic carbocycles. The molecule has 1 aromatic carbocycles. The van der Waals surface area contributed by atoms with Crippen LogP contribution < -0.4 is 10.6 Å². The third-order valence-electron chi connectivity index (χ3n) is 2.32. The lowest BCUT2D eigenvalue weighted by Gasteiger charge is -2.19. The van der Waals surface area contributed by atoms with Crippen molar-refractivity contribution in [2.24, 2.45) is 5.73 Å². The molecule has 0 spiro atoms. The van der Waals surface area contributed by atoms with Crippen LogP contribution in [0.3, 0.4) is 0 Å². The zero-order valence-corrected chi connectivity index (χ0v) is 10.8. The van der Waals surface area contributed by atoms with Crippen molar-refractivity contribution in [3.8, 4) is 0 Å². The lowest BCUT2D eigenvalue weighted by Crippen LogP contribution is -2.16. The predicted molar refractivity (Wildman–Crippen MR) is 70.2 cm³/mol. The molecule has 0 radical (unpaired) electrons. The molecule has 1 rings (SSSR count). The normalized spacial score (nSPS) is 12.3. The molecule has 3 heteroatoms. The Morgan fingerprint density at radius 3 is 2.73 bits per heavy atom. The van der Waals surface area contributed by atoms with Gasteiger partial charge in [-0.15, -0.1) is 6.58 Å². The molecule has 1 atom stereocenters. The molecule has 1 unspecified atom stereocenters. The van der Waals surface area contributed by atoms with Gasteiger partial charge in [-0.25, -0.2) is 0 Å². The van der Waals surface area contributed by atoms with E-state index < -0.39 is 0 Å². The first-order chi connectivity index (χ1) is 7.06. The minimum atomic E-state index is 0.0538. The SMILES string of the molecule is C=CCN(C)c1ccc(C(C)N)c(Br)c1. The average molecular weight is 269 g/mol. The lowest BCUT2D eigenvalue weighted by molar-refractivity contribution is 0.812. The molecule has 0 bridgehead atoms. The molecule has 15 heavy (non-hydrogen) atoms. The maximum absolute atomic E-state index is 5.84. The minimum absolute atomic E-state index is 0.0538. The highest BCUT2D eigenvalue weighted by Crippen LogP contribution is 2.26. The van der Waals surface area contributed by atoms with Gasteiger partial charge >= 0.3 is 0 Å². The van der Waals surface area contributed by atoms with E-state index in [4.69, 9.17) is 5.73 Å². The van der Waals surface area contributed by atoms with E-state index in [1.165, 1.54) is 0 Å². The van der Waals surface area contributed by atoms with Crippen molar-refractivity contribution in [3.05, 3.63) is 40.9 Å². The van der Waals surface area contributed by atoms with Crippen LogP contribution in [0.1, 0.15) is 18.5 Å². The molecule has 2 N–H and O–H groups in total. The van der Waals surface area contributed by atoms with Gasteiger partial charge in [0.1, 0.15) is 0 Å². The summed E-state index contributed by atoms with van der Waals surface area (Å²) in [5.74, 6) is 0. The summed E-state index contributed by atoms with van der Waals surface area (Å²) < 4.78 is 1.06. The number of likely N-dealkylation sites (N-methyl/N-ethyl adjacent to an activating group) is 1. The number of nitrogens with two attached hydrogens (primary N) is 1. The summed E-state index contributed by atoms with van der Waals surface area (Å²) in [6.07, 6.45) is 1.88. The predicted octanol–water partition coefficient (Wildman–Crippen LogP) is 3.09. The fourth-order valence-corrected chi connectivity index (χ4v) is 2.15. The molecule has 0 amide bonds. The van der Waals surface area contributed by atoms with E-state index in [1.54, 1.807) is 0 Å². The highest BCUT2D eigenvalue weighted by atomic mass is 79.9. The van der Waals surface area contributed by atoms with Crippen LogP contribution in [0.25, 0.3) is 0 Å². The van der Waals surface area contributed by atoms with Gasteiger partial charge in [0.2, 0.25) is 0 Å². The van der Waals surface area contributed by atoms with E-state index in [9.17, 15) is 0 Å². The Morgan fingerprint density at radius 1 is 1.60 bits per heavy atom. The van der Waals surface area contributed by atoms with Crippen LogP contribution in [0.2, 0.25) is 0 Å². The monoisotopic (exact) mass is 268 g/mol. The van der Waals surface area contributed by atoms with E-state index in [0.717, 1.165) is 22.3 Å². The van der Waals surface area contributed by atoms with E-state index in [1.807, 2.05) is 20.0 Å². The van der Waals surface area contributed by atoms with Gasteiger partial charge in [0.15, 0.2) is 0 Å². The molecular weight excluding hydrogens is 252 g/mol. The van der Waals surface area contributed by atoms with Crippen molar-refractivity contribution in [1.29, 1.82) is 0 Å². The first-order valence-corrected chi connectivity index (χ1v) is 5.72. The summed E-state index contributed by atoms with van der Waals surface area (Å²) in [6, 6.07) is 6.27. The highest BCUT2D eigenvalue weighted by Gasteiger charge is 2.07. The van der Waals surface area contributed by atoms with Crippen LogP contribution in [0.4, 0.5) is 5.69 Å². The Hall–Kier alpha value is -0.800. The van der Waals surface area contributed by atoms with Gasteiger partial charge < -0.3 is 10.6 Å². The van der Waals surface area contributed by atoms with Gasteiger partial charge in [0.05, 0.1) is 0 Å². The molecule has 0 aliphatic heterocycles. The fraction of sp³-hybridized carbons (Fsp3) is 0.333. The smallest absolute Gasteiger partial charge is 0.0377 e. The number of hydrogen-bond acceptors (Lipinski definition) is 2. The molecule has 0 saturated heterocycles. The summed E-state index contributed by atoms with van der Waals surface area (Å²) in [7, 11) is 2.04. The number of halogens is 1. The Balaban J connectivity index is 2.95. The Bertz CT molecular complexity index is 347. The molecule has 0 aliphatic rings. The second kappa shape index (κ2) is 5.33. The zero-order valence-electron chi connectivity index (χ0n) is 9.20. The molecule has 0 fully saturated rings. The van der Waals surface area contributed by atoms with E-state index >= 15 is 0 Å². The number of hydrogen-bond donors (Lipinski definition) is 1. The average Bonchev–Trinajstić information content (AvgIpc) is 2.17. The summed E-state index contributed by atoms with van der Waals surface area (Å²) in [6.45, 7) is 6.54. The van der Waals surface area contributed by atoms with E-state index in [-0.39, 0.29) is 6.04 Å². The second-order valence-corrected chi connectivity index (χ2v) is 4.52. The number of benzene rings is 1. The van der Waals surface area contributed by atoms with Crippen molar-refractivity contribution >= 4 is 21.6 Å². The minimum Gasteiger partial charge on any atom is -0.371 e. The topological polar surface area (TPSA) is 29.3 Å². The number of anilines is 1. The van der Waals surface area contributed by atoms with Gasteiger partial charge in [0, 0.05) is 29.8 Å². The van der Waals surface area contributed by atoms with Crippen LogP contribution in [0.15, 0.2) is 35.3 Å². The van der Waals surface area contributed by atoms with Crippen LogP contribution in [0.5, 0.6) is 0 Å². The maximum atomic E-state index is 5.84. The van der Waals surface area contributed by atoms with Gasteiger partial charge in [-0.1, -0.05) is 28.1 Å². The molecule has 2 nitrogen and oxygen atoms in total. The Labute approximate surface area is 99.9 Å². The van der Waals surface area contributed by atoms with Gasteiger partial charge in [0.25, 0.3) is 0 Å². The van der Waals surface area contributed by atoms with Gasteiger partial charge in [-0.2, -0.15) is 0 Å². The number of rotatable bonds is 4. The van der Waals surface area contributed by atoms with Gasteiger partial charge in [-0.3, -0.25) is 0 Å². The molecule has 0 saturated carbocycles. The Morgan fingerprint density at radius 2 is 2.27 bits per heavy atom. The maximum Gasteiger partial charge on any atom is 0.0377 e. The molecule has 1 aromatic rings. The van der Waals surface area contributed by atoms with Crippen molar-refractivity contribution in [3.63, 3.8) is 0 Å². The summed E-state index contributed by atoms with van der Waals surface area (Å²) in [5.41, 5.74) is 8.13. The Kier molecular flexibility index (Phi) is 4.36. The molecule has 0 heterocycles. The van der Waals surface area contributed by atoms with Crippen LogP contribution in [-0.4, -0.2) is 13.6 Å². The lowest BCUT2D eigenvalue weighted by atomic mass is 10.1.